The van der Waals surface area contributed by atoms with Crippen LogP contribution < -0.4 is 10.1 Å². The van der Waals surface area contributed by atoms with Crippen molar-refractivity contribution < 1.29 is 9.53 Å². The van der Waals surface area contributed by atoms with Gasteiger partial charge in [0.15, 0.2) is 4.34 Å². The molecule has 0 fully saturated rings. The molecule has 0 atom stereocenters. The van der Waals surface area contributed by atoms with Crippen LogP contribution in [0.5, 0.6) is 5.75 Å². The molecule has 0 spiro atoms. The predicted molar refractivity (Wildman–Crippen MR) is 115 cm³/mol. The monoisotopic (exact) mass is 413 g/mol. The van der Waals surface area contributed by atoms with E-state index in [-0.39, 0.29) is 5.91 Å². The number of benzene rings is 2. The molecule has 3 rings (SSSR count). The number of para-hydroxylation sites is 1. The summed E-state index contributed by atoms with van der Waals surface area (Å²) in [6.07, 6.45) is 3.19. The molecule has 0 saturated carbocycles. The number of anilines is 1. The average Bonchev–Trinajstić information content (AvgIpc) is 3.17. The minimum Gasteiger partial charge on any atom is -0.494 e. The van der Waals surface area contributed by atoms with E-state index in [4.69, 9.17) is 4.74 Å². The number of amides is 1. The van der Waals surface area contributed by atoms with Crippen molar-refractivity contribution in [3.63, 3.8) is 0 Å². The number of nitrogens with one attached hydrogen (secondary N) is 1. The zero-order valence-electron chi connectivity index (χ0n) is 15.5. The van der Waals surface area contributed by atoms with Crippen LogP contribution in [0.3, 0.4) is 0 Å². The first-order valence-electron chi connectivity index (χ1n) is 9.27. The van der Waals surface area contributed by atoms with Crippen molar-refractivity contribution in [3.8, 4) is 5.75 Å². The molecule has 1 heterocycles. The molecule has 0 aliphatic rings. The van der Waals surface area contributed by atoms with Gasteiger partial charge in [0.05, 0.1) is 6.61 Å². The second-order valence-electron chi connectivity index (χ2n) is 6.12. The predicted octanol–water partition coefficient (Wildman–Crippen LogP) is 5.06. The van der Waals surface area contributed by atoms with E-state index in [0.717, 1.165) is 28.7 Å². The van der Waals surface area contributed by atoms with Gasteiger partial charge in [0.2, 0.25) is 11.0 Å². The lowest BCUT2D eigenvalue weighted by atomic mass is 10.1. The molecule has 2 aromatic carbocycles. The zero-order chi connectivity index (χ0) is 19.4. The number of ether oxygens (including phenoxy) is 1. The number of rotatable bonds is 11. The van der Waals surface area contributed by atoms with E-state index in [1.54, 1.807) is 11.8 Å². The van der Waals surface area contributed by atoms with Crippen molar-refractivity contribution in [1.82, 2.24) is 10.2 Å². The average molecular weight is 414 g/mol. The Morgan fingerprint density at radius 1 is 1.00 bits per heavy atom. The normalized spacial score (nSPS) is 10.6. The molecule has 1 aromatic heterocycles. The van der Waals surface area contributed by atoms with Crippen molar-refractivity contribution in [1.29, 1.82) is 0 Å². The number of hydrogen-bond donors (Lipinski definition) is 1. The Bertz CT molecular complexity index is 841. The number of carbonyl (C=O) groups is 1. The fourth-order valence-electron chi connectivity index (χ4n) is 2.52. The maximum absolute atomic E-state index is 12.0. The second-order valence-corrected chi connectivity index (χ2v) is 8.44. The lowest BCUT2D eigenvalue weighted by Gasteiger charge is -2.05. The van der Waals surface area contributed by atoms with E-state index in [9.17, 15) is 4.79 Å². The Morgan fingerprint density at radius 2 is 1.75 bits per heavy atom. The van der Waals surface area contributed by atoms with E-state index in [1.807, 2.05) is 36.4 Å². The van der Waals surface area contributed by atoms with Gasteiger partial charge in [0.1, 0.15) is 5.75 Å². The van der Waals surface area contributed by atoms with Gasteiger partial charge in [0.25, 0.3) is 0 Å². The van der Waals surface area contributed by atoms with Crippen molar-refractivity contribution in [2.75, 3.05) is 17.7 Å². The molecule has 0 aliphatic carbocycles. The highest BCUT2D eigenvalue weighted by molar-refractivity contribution is 8.01. The van der Waals surface area contributed by atoms with Crippen LogP contribution >= 0.6 is 23.1 Å². The number of thioether (sulfide) groups is 1. The molecule has 1 N–H and O–H groups in total. The third-order valence-electron chi connectivity index (χ3n) is 3.89. The van der Waals surface area contributed by atoms with Crippen LogP contribution in [-0.4, -0.2) is 28.5 Å². The summed E-state index contributed by atoms with van der Waals surface area (Å²) in [6, 6.07) is 20.1. The van der Waals surface area contributed by atoms with Crippen LogP contribution in [0.1, 0.15) is 24.8 Å². The third-order valence-corrected chi connectivity index (χ3v) is 5.95. The van der Waals surface area contributed by atoms with Gasteiger partial charge in [-0.05, 0) is 37.0 Å². The number of carbonyl (C=O) groups excluding carboxylic acids is 1. The summed E-state index contributed by atoms with van der Waals surface area (Å²) in [5.74, 6) is 1.74. The standard InChI is InChI=1S/C21H23N3O2S2/c25-19(14-7-15-26-18-12-5-2-6-13-18)22-20-23-24-21(28-20)27-16-8-11-17-9-3-1-4-10-17/h1-6,9-10,12-13H,7-8,11,14-16H2,(H,22,23,25). The lowest BCUT2D eigenvalue weighted by molar-refractivity contribution is -0.116. The van der Waals surface area contributed by atoms with Crippen LogP contribution in [0.4, 0.5) is 5.13 Å². The summed E-state index contributed by atoms with van der Waals surface area (Å²) >= 11 is 3.10. The van der Waals surface area contributed by atoms with Gasteiger partial charge in [-0.25, -0.2) is 0 Å². The lowest BCUT2D eigenvalue weighted by Crippen LogP contribution is -2.12. The Morgan fingerprint density at radius 3 is 2.54 bits per heavy atom. The van der Waals surface area contributed by atoms with E-state index < -0.39 is 0 Å². The van der Waals surface area contributed by atoms with Gasteiger partial charge in [-0.3, -0.25) is 4.79 Å². The molecular formula is C21H23N3O2S2. The molecular weight excluding hydrogens is 390 g/mol. The number of hydrogen-bond acceptors (Lipinski definition) is 6. The van der Waals surface area contributed by atoms with Crippen molar-refractivity contribution in [2.45, 2.75) is 30.0 Å². The fourth-order valence-corrected chi connectivity index (χ4v) is 4.30. The Hall–Kier alpha value is -2.38. The minimum atomic E-state index is -0.0616. The third kappa shape index (κ3) is 7.32. The highest BCUT2D eigenvalue weighted by atomic mass is 32.2. The van der Waals surface area contributed by atoms with Gasteiger partial charge < -0.3 is 10.1 Å². The Balaban J connectivity index is 1.29. The van der Waals surface area contributed by atoms with Crippen molar-refractivity contribution in [3.05, 3.63) is 66.2 Å². The first-order valence-corrected chi connectivity index (χ1v) is 11.1. The highest BCUT2D eigenvalue weighted by Gasteiger charge is 2.08. The molecule has 3 aromatic rings. The first-order chi connectivity index (χ1) is 13.8. The minimum absolute atomic E-state index is 0.0616. The van der Waals surface area contributed by atoms with E-state index >= 15 is 0 Å². The Labute approximate surface area is 173 Å². The molecule has 1 amide bonds. The number of aryl methyl sites for hydroxylation is 1. The summed E-state index contributed by atoms with van der Waals surface area (Å²) in [5, 5.41) is 11.6. The zero-order valence-corrected chi connectivity index (χ0v) is 17.2. The molecule has 28 heavy (non-hydrogen) atoms. The quantitative estimate of drug-likeness (QED) is 0.270. The van der Waals surface area contributed by atoms with E-state index in [2.05, 4.69) is 39.8 Å². The van der Waals surface area contributed by atoms with Gasteiger partial charge in [-0.15, -0.1) is 10.2 Å². The first kappa shape index (κ1) is 20.4. The summed E-state index contributed by atoms with van der Waals surface area (Å²) in [4.78, 5) is 12.0. The van der Waals surface area contributed by atoms with Crippen LogP contribution in [0.2, 0.25) is 0 Å². The molecule has 146 valence electrons. The van der Waals surface area contributed by atoms with Gasteiger partial charge in [-0.2, -0.15) is 0 Å². The highest BCUT2D eigenvalue weighted by Crippen LogP contribution is 2.26. The van der Waals surface area contributed by atoms with Crippen LogP contribution in [0.25, 0.3) is 0 Å². The van der Waals surface area contributed by atoms with Crippen molar-refractivity contribution in [2.24, 2.45) is 0 Å². The molecule has 0 aliphatic heterocycles. The summed E-state index contributed by atoms with van der Waals surface area (Å²) in [5.41, 5.74) is 1.35. The van der Waals surface area contributed by atoms with Gasteiger partial charge >= 0.3 is 0 Å². The summed E-state index contributed by atoms with van der Waals surface area (Å²) in [6.45, 7) is 0.510. The molecule has 0 unspecified atom stereocenters. The van der Waals surface area contributed by atoms with E-state index in [1.165, 1.54) is 16.9 Å². The largest absolute Gasteiger partial charge is 0.494 e. The molecule has 5 nitrogen and oxygen atoms in total. The summed E-state index contributed by atoms with van der Waals surface area (Å²) in [7, 11) is 0. The second kappa shape index (κ2) is 11.5. The summed E-state index contributed by atoms with van der Waals surface area (Å²) < 4.78 is 6.47. The van der Waals surface area contributed by atoms with Gasteiger partial charge in [0, 0.05) is 12.2 Å². The molecule has 7 heteroatoms. The Kier molecular flexibility index (Phi) is 8.33. The molecule has 0 radical (unpaired) electrons. The van der Waals surface area contributed by atoms with E-state index in [0.29, 0.717) is 24.6 Å². The number of aromatic nitrogens is 2. The maximum atomic E-state index is 12.0. The maximum Gasteiger partial charge on any atom is 0.226 e. The fraction of sp³-hybridized carbons (Fsp3) is 0.286. The van der Waals surface area contributed by atoms with Crippen molar-refractivity contribution >= 4 is 34.1 Å². The van der Waals surface area contributed by atoms with Crippen LogP contribution in [-0.2, 0) is 11.2 Å². The SMILES string of the molecule is O=C(CCCOc1ccccc1)Nc1nnc(SCCCc2ccccc2)s1. The van der Waals surface area contributed by atoms with Gasteiger partial charge in [-0.1, -0.05) is 71.6 Å². The molecule has 0 bridgehead atoms. The molecule has 0 saturated heterocycles. The number of nitrogens with zero attached hydrogens (tertiary/aromatic N) is 2. The van der Waals surface area contributed by atoms with Crippen LogP contribution in [0, 0.1) is 0 Å². The topological polar surface area (TPSA) is 64.1 Å². The van der Waals surface area contributed by atoms with Crippen LogP contribution in [0.15, 0.2) is 65.0 Å². The smallest absolute Gasteiger partial charge is 0.226 e.